The molecule has 4 rings (SSSR count). The van der Waals surface area contributed by atoms with Gasteiger partial charge >= 0.3 is 12.2 Å². The molecular formula is C38H49Cl3N2O14. The highest BCUT2D eigenvalue weighted by Gasteiger charge is 2.52. The first kappa shape index (κ1) is 45.8. The SMILES string of the molecule is C=CCOC(=O)N1[C@H](CO)Cc2cc(C)c(OC)c(OCC=C)c2[C@@H]1[C@H]1N[C@@H](COC(=O)OCC(Cl)(Cl)Cl)c2c(O)c(OC)c(C)c(OCOC)c2[C@H]1OCOC. The molecule has 0 fully saturated rings. The van der Waals surface area contributed by atoms with E-state index in [-0.39, 0.29) is 61.6 Å². The number of aliphatic hydroxyl groups is 1. The lowest BCUT2D eigenvalue weighted by Crippen LogP contribution is -2.59. The maximum absolute atomic E-state index is 14.3. The van der Waals surface area contributed by atoms with Crippen LogP contribution in [0.3, 0.4) is 0 Å². The summed E-state index contributed by atoms with van der Waals surface area (Å²) in [6.45, 7) is 8.80. The number of rotatable bonds is 18. The van der Waals surface area contributed by atoms with Crippen molar-refractivity contribution in [3.05, 3.63) is 64.8 Å². The number of carbonyl (C=O) groups is 2. The van der Waals surface area contributed by atoms with Crippen molar-refractivity contribution in [2.45, 2.75) is 54.3 Å². The molecule has 19 heteroatoms. The van der Waals surface area contributed by atoms with E-state index in [4.69, 9.17) is 82.2 Å². The topological polar surface area (TPSA) is 182 Å². The molecule has 3 N–H and O–H groups in total. The summed E-state index contributed by atoms with van der Waals surface area (Å²) in [5, 5.41) is 26.3. The molecule has 0 aromatic heterocycles. The molecule has 0 aliphatic carbocycles. The Balaban J connectivity index is 2.11. The van der Waals surface area contributed by atoms with Crippen LogP contribution in [0, 0.1) is 13.8 Å². The number of methoxy groups -OCH3 is 4. The van der Waals surface area contributed by atoms with Crippen molar-refractivity contribution >= 4 is 47.1 Å². The second-order valence-electron chi connectivity index (χ2n) is 12.9. The number of carbonyl (C=O) groups excluding carboxylic acids is 2. The van der Waals surface area contributed by atoms with Gasteiger partial charge in [-0.05, 0) is 31.4 Å². The predicted octanol–water partition coefficient (Wildman–Crippen LogP) is 6.05. The number of hydrogen-bond donors (Lipinski definition) is 3. The molecule has 16 nitrogen and oxygen atoms in total. The molecule has 2 aliphatic rings. The van der Waals surface area contributed by atoms with Crippen molar-refractivity contribution in [2.75, 3.05) is 75.1 Å². The van der Waals surface area contributed by atoms with Crippen LogP contribution in [0.25, 0.3) is 0 Å². The number of ether oxygens (including phenoxy) is 10. The Hall–Kier alpha value is -3.87. The summed E-state index contributed by atoms with van der Waals surface area (Å²) in [4.78, 5) is 28.6. The van der Waals surface area contributed by atoms with Crippen molar-refractivity contribution in [2.24, 2.45) is 0 Å². The maximum Gasteiger partial charge on any atom is 0.508 e. The maximum atomic E-state index is 14.3. The average molecular weight is 864 g/mol. The van der Waals surface area contributed by atoms with Crippen LogP contribution in [0.2, 0.25) is 0 Å². The molecule has 5 atom stereocenters. The van der Waals surface area contributed by atoms with Crippen molar-refractivity contribution in [1.29, 1.82) is 0 Å². The van der Waals surface area contributed by atoms with Gasteiger partial charge < -0.3 is 57.6 Å². The van der Waals surface area contributed by atoms with Gasteiger partial charge in [0.15, 0.2) is 29.8 Å². The average Bonchev–Trinajstić information content (AvgIpc) is 3.18. The summed E-state index contributed by atoms with van der Waals surface area (Å²) in [5.74, 6) is 0.584. The number of amides is 1. The molecule has 0 radical (unpaired) electrons. The zero-order valence-electron chi connectivity index (χ0n) is 32.6. The van der Waals surface area contributed by atoms with Gasteiger partial charge in [-0.3, -0.25) is 10.2 Å². The normalized spacial score (nSPS) is 20.1. The van der Waals surface area contributed by atoms with E-state index in [9.17, 15) is 19.8 Å². The minimum absolute atomic E-state index is 0.0488. The highest BCUT2D eigenvalue weighted by atomic mass is 35.6. The number of nitrogens with one attached hydrogen (secondary N) is 1. The third-order valence-electron chi connectivity index (χ3n) is 9.28. The van der Waals surface area contributed by atoms with Gasteiger partial charge in [-0.25, -0.2) is 9.59 Å². The highest BCUT2D eigenvalue weighted by molar-refractivity contribution is 6.67. The van der Waals surface area contributed by atoms with Crippen molar-refractivity contribution in [1.82, 2.24) is 10.2 Å². The number of halogens is 3. The molecule has 0 saturated heterocycles. The Morgan fingerprint density at radius 3 is 2.19 bits per heavy atom. The van der Waals surface area contributed by atoms with Crippen molar-refractivity contribution in [3.8, 4) is 28.7 Å². The number of fused-ring (bicyclic) bond motifs is 2. The van der Waals surface area contributed by atoms with Gasteiger partial charge in [-0.2, -0.15) is 0 Å². The van der Waals surface area contributed by atoms with Crippen molar-refractivity contribution < 1.29 is 67.2 Å². The smallest absolute Gasteiger partial charge is 0.504 e. The zero-order chi connectivity index (χ0) is 42.0. The first-order valence-electron chi connectivity index (χ1n) is 17.6. The Labute approximate surface area is 346 Å². The lowest BCUT2D eigenvalue weighted by molar-refractivity contribution is -0.106. The molecule has 0 bridgehead atoms. The third kappa shape index (κ3) is 10.2. The number of hydrogen-bond acceptors (Lipinski definition) is 15. The number of aromatic hydroxyl groups is 1. The molecule has 2 heterocycles. The standard InChI is InChI=1S/C38H49Cl3N2O14/c1-9-11-52-35-25-22(13-20(3)31(35)50-7)14-23(15-44)43(36(46)53-12-10-2)29(25)28-34(57-19-49-6)27-26(24(42-28)16-54-37(47)55-17-38(39,40)41)30(45)33(51-8)21(4)32(27)56-18-48-5/h9-10,13,23-24,28-29,34,42,44-45H,1-2,11-12,14-19H2,3-8H3/t23-,24-,28+,29+,34+/m0/s1. The molecule has 2 aromatic carbocycles. The van der Waals surface area contributed by atoms with Crippen LogP contribution in [0.1, 0.15) is 51.6 Å². The van der Waals surface area contributed by atoms with Gasteiger partial charge in [0.1, 0.15) is 45.1 Å². The van der Waals surface area contributed by atoms with Gasteiger partial charge in [-0.15, -0.1) is 0 Å². The zero-order valence-corrected chi connectivity index (χ0v) is 34.8. The highest BCUT2D eigenvalue weighted by Crippen LogP contribution is 2.56. The Morgan fingerprint density at radius 2 is 1.60 bits per heavy atom. The molecule has 2 aliphatic heterocycles. The van der Waals surface area contributed by atoms with E-state index in [1.54, 1.807) is 13.0 Å². The number of nitrogens with zero attached hydrogens (tertiary/aromatic N) is 1. The van der Waals surface area contributed by atoms with Crippen LogP contribution in [0.4, 0.5) is 9.59 Å². The Bertz CT molecular complexity index is 1760. The van der Waals surface area contributed by atoms with Gasteiger partial charge in [-0.1, -0.05) is 66.2 Å². The molecule has 2 aromatic rings. The molecule has 0 spiro atoms. The minimum atomic E-state index is -1.92. The third-order valence-corrected chi connectivity index (χ3v) is 9.60. The number of aliphatic hydroxyl groups excluding tert-OH is 1. The van der Waals surface area contributed by atoms with E-state index in [1.165, 1.54) is 39.4 Å². The van der Waals surface area contributed by atoms with Crippen LogP contribution in [-0.4, -0.2) is 118 Å². The monoisotopic (exact) mass is 862 g/mol. The second kappa shape index (κ2) is 20.7. The summed E-state index contributed by atoms with van der Waals surface area (Å²) >= 11 is 17.4. The van der Waals surface area contributed by atoms with E-state index in [2.05, 4.69) is 18.5 Å². The fourth-order valence-corrected chi connectivity index (χ4v) is 7.42. The first-order valence-corrected chi connectivity index (χ1v) is 18.7. The van der Waals surface area contributed by atoms with Crippen LogP contribution in [0.15, 0.2) is 31.4 Å². The largest absolute Gasteiger partial charge is 0.508 e. The summed E-state index contributed by atoms with van der Waals surface area (Å²) in [6, 6.07) is -2.24. The van der Waals surface area contributed by atoms with E-state index in [0.29, 0.717) is 22.6 Å². The van der Waals surface area contributed by atoms with Gasteiger partial charge in [0.2, 0.25) is 3.79 Å². The van der Waals surface area contributed by atoms with Crippen LogP contribution in [-0.2, 0) is 34.8 Å². The van der Waals surface area contributed by atoms with E-state index in [0.717, 1.165) is 11.1 Å². The van der Waals surface area contributed by atoms with Gasteiger partial charge in [0.25, 0.3) is 0 Å². The van der Waals surface area contributed by atoms with E-state index in [1.807, 2.05) is 13.0 Å². The molecule has 0 unspecified atom stereocenters. The van der Waals surface area contributed by atoms with E-state index < -0.39 is 66.1 Å². The molecular weight excluding hydrogens is 815 g/mol. The minimum Gasteiger partial charge on any atom is -0.504 e. The number of alkyl halides is 3. The quantitative estimate of drug-likeness (QED) is 0.0681. The lowest BCUT2D eigenvalue weighted by atomic mass is 9.76. The fourth-order valence-electron chi connectivity index (χ4n) is 7.25. The molecule has 1 amide bonds. The number of benzene rings is 2. The number of phenolic OH excluding ortho intramolecular Hbond substituents is 1. The number of phenols is 1. The molecule has 57 heavy (non-hydrogen) atoms. The van der Waals surface area contributed by atoms with Gasteiger partial charge in [0.05, 0.1) is 45.0 Å². The summed E-state index contributed by atoms with van der Waals surface area (Å²) in [7, 11) is 5.72. The molecule has 316 valence electrons. The van der Waals surface area contributed by atoms with Crippen LogP contribution >= 0.6 is 34.8 Å². The summed E-state index contributed by atoms with van der Waals surface area (Å²) < 4.78 is 55.6. The van der Waals surface area contributed by atoms with Crippen LogP contribution in [0.5, 0.6) is 28.7 Å². The lowest BCUT2D eigenvalue weighted by Gasteiger charge is -2.50. The van der Waals surface area contributed by atoms with Crippen molar-refractivity contribution in [3.63, 3.8) is 0 Å². The summed E-state index contributed by atoms with van der Waals surface area (Å²) in [6.07, 6.45) is 0.0211. The second-order valence-corrected chi connectivity index (χ2v) is 15.4. The van der Waals surface area contributed by atoms with Gasteiger partial charge in [0, 0.05) is 36.5 Å². The first-order chi connectivity index (χ1) is 27.2. The Kier molecular flexibility index (Phi) is 16.6. The molecule has 0 saturated carbocycles. The summed E-state index contributed by atoms with van der Waals surface area (Å²) in [5.41, 5.74) is 2.72. The van der Waals surface area contributed by atoms with Crippen LogP contribution < -0.4 is 24.3 Å². The van der Waals surface area contributed by atoms with E-state index >= 15 is 0 Å². The fraction of sp³-hybridized carbons (Fsp3) is 0.526. The Morgan fingerprint density at radius 1 is 0.912 bits per heavy atom. The predicted molar refractivity (Wildman–Crippen MR) is 209 cm³/mol. The number of aryl methyl sites for hydroxylation is 1.